The van der Waals surface area contributed by atoms with Crippen LogP contribution in [0, 0.1) is 10.1 Å². The highest BCUT2D eigenvalue weighted by Gasteiger charge is 2.24. The van der Waals surface area contributed by atoms with Gasteiger partial charge in [-0.25, -0.2) is 0 Å². The maximum absolute atomic E-state index is 12.6. The summed E-state index contributed by atoms with van der Waals surface area (Å²) in [6.45, 7) is 2.45. The highest BCUT2D eigenvalue weighted by atomic mass is 16.6. The molecular weight excluding hydrogens is 346 g/mol. The largest absolute Gasteiger partial charge is 0.490 e. The number of hydrogen-bond donors (Lipinski definition) is 1. The van der Waals surface area contributed by atoms with Crippen molar-refractivity contribution in [1.29, 1.82) is 0 Å². The number of nitro groups is 1. The molecular formula is C20H23N3O4. The van der Waals surface area contributed by atoms with Crippen molar-refractivity contribution in [3.8, 4) is 5.75 Å². The molecule has 0 aromatic heterocycles. The molecule has 7 nitrogen and oxygen atoms in total. The molecule has 0 aliphatic carbocycles. The van der Waals surface area contributed by atoms with Crippen LogP contribution in [-0.4, -0.2) is 42.5 Å². The van der Waals surface area contributed by atoms with Gasteiger partial charge < -0.3 is 10.1 Å². The van der Waals surface area contributed by atoms with Gasteiger partial charge in [-0.1, -0.05) is 30.3 Å². The van der Waals surface area contributed by atoms with E-state index in [0.29, 0.717) is 6.54 Å². The molecule has 7 heteroatoms. The van der Waals surface area contributed by atoms with Crippen LogP contribution in [0.2, 0.25) is 0 Å². The lowest BCUT2D eigenvalue weighted by Gasteiger charge is -2.28. The van der Waals surface area contributed by atoms with Gasteiger partial charge in [0.05, 0.1) is 18.1 Å². The van der Waals surface area contributed by atoms with Gasteiger partial charge in [-0.05, 0) is 43.6 Å². The number of hydrogen-bond acceptors (Lipinski definition) is 5. The van der Waals surface area contributed by atoms with Crippen molar-refractivity contribution in [2.24, 2.45) is 0 Å². The Hall–Kier alpha value is -2.93. The van der Waals surface area contributed by atoms with Crippen LogP contribution in [0.3, 0.4) is 0 Å². The van der Waals surface area contributed by atoms with Gasteiger partial charge in [0.2, 0.25) is 0 Å². The van der Waals surface area contributed by atoms with Gasteiger partial charge in [-0.15, -0.1) is 0 Å². The van der Waals surface area contributed by atoms with Crippen molar-refractivity contribution in [2.75, 3.05) is 26.7 Å². The van der Waals surface area contributed by atoms with Crippen molar-refractivity contribution in [1.82, 2.24) is 10.2 Å². The summed E-state index contributed by atoms with van der Waals surface area (Å²) in [6.07, 6.45) is 2.31. The molecule has 1 fully saturated rings. The van der Waals surface area contributed by atoms with Crippen LogP contribution in [0.5, 0.6) is 5.75 Å². The lowest BCUT2D eigenvalue weighted by molar-refractivity contribution is -0.385. The lowest BCUT2D eigenvalue weighted by Crippen LogP contribution is -2.36. The zero-order valence-corrected chi connectivity index (χ0v) is 15.3. The molecule has 1 amide bonds. The van der Waals surface area contributed by atoms with Gasteiger partial charge >= 0.3 is 5.69 Å². The van der Waals surface area contributed by atoms with E-state index in [1.807, 2.05) is 18.2 Å². The van der Waals surface area contributed by atoms with Gasteiger partial charge in [-0.2, -0.15) is 0 Å². The first kappa shape index (κ1) is 18.8. The Morgan fingerprint density at radius 2 is 1.93 bits per heavy atom. The minimum Gasteiger partial charge on any atom is -0.490 e. The molecule has 1 saturated heterocycles. The minimum absolute atomic E-state index is 0.0888. The van der Waals surface area contributed by atoms with E-state index in [1.165, 1.54) is 25.3 Å². The molecule has 1 aliphatic heterocycles. The number of nitrogens with one attached hydrogen (secondary N) is 1. The molecule has 1 aliphatic rings. The lowest BCUT2D eigenvalue weighted by atomic mass is 10.1. The molecule has 142 valence electrons. The van der Waals surface area contributed by atoms with E-state index in [2.05, 4.69) is 22.3 Å². The van der Waals surface area contributed by atoms with Gasteiger partial charge in [0.15, 0.2) is 5.75 Å². The number of nitrogens with zero attached hydrogens (tertiary/aromatic N) is 2. The molecule has 27 heavy (non-hydrogen) atoms. The summed E-state index contributed by atoms with van der Waals surface area (Å²) in [7, 11) is 1.36. The molecule has 1 N–H and O–H groups in total. The highest BCUT2D eigenvalue weighted by molar-refractivity contribution is 5.95. The molecule has 3 rings (SSSR count). The fraction of sp³-hybridized carbons (Fsp3) is 0.350. The van der Waals surface area contributed by atoms with E-state index in [0.717, 1.165) is 31.5 Å². The Bertz CT molecular complexity index is 804. The number of methoxy groups -OCH3 is 1. The second-order valence-electron chi connectivity index (χ2n) is 6.52. The molecule has 0 radical (unpaired) electrons. The average molecular weight is 369 g/mol. The number of ether oxygens (including phenoxy) is 1. The van der Waals surface area contributed by atoms with Crippen LogP contribution in [-0.2, 0) is 0 Å². The first-order valence-electron chi connectivity index (χ1n) is 9.00. The van der Waals surface area contributed by atoms with Crippen molar-refractivity contribution >= 4 is 11.6 Å². The van der Waals surface area contributed by atoms with E-state index in [4.69, 9.17) is 4.74 Å². The first-order valence-corrected chi connectivity index (χ1v) is 9.00. The number of rotatable bonds is 7. The predicted octanol–water partition coefficient (Wildman–Crippen LogP) is 3.17. The Balaban J connectivity index is 1.74. The first-order chi connectivity index (χ1) is 13.1. The summed E-state index contributed by atoms with van der Waals surface area (Å²) < 4.78 is 4.98. The topological polar surface area (TPSA) is 84.7 Å². The Morgan fingerprint density at radius 1 is 1.22 bits per heavy atom. The predicted molar refractivity (Wildman–Crippen MR) is 102 cm³/mol. The summed E-state index contributed by atoms with van der Waals surface area (Å²) in [5, 5.41) is 14.1. The third-order valence-corrected chi connectivity index (χ3v) is 4.86. The molecule has 2 aromatic carbocycles. The maximum Gasteiger partial charge on any atom is 0.311 e. The van der Waals surface area contributed by atoms with Gasteiger partial charge in [0, 0.05) is 18.2 Å². The zero-order valence-electron chi connectivity index (χ0n) is 15.3. The summed E-state index contributed by atoms with van der Waals surface area (Å²) >= 11 is 0. The fourth-order valence-corrected chi connectivity index (χ4v) is 3.45. The molecule has 0 spiro atoms. The standard InChI is InChI=1S/C20H23N3O4/c1-27-19-10-9-16(13-17(19)23(25)26)20(24)21-14-18(22-11-5-6-12-22)15-7-3-2-4-8-15/h2-4,7-10,13,18H,5-6,11-12,14H2,1H3,(H,21,24). The molecule has 1 atom stereocenters. The summed E-state index contributed by atoms with van der Waals surface area (Å²) in [4.78, 5) is 25.6. The van der Waals surface area contributed by atoms with Crippen LogP contribution >= 0.6 is 0 Å². The smallest absolute Gasteiger partial charge is 0.311 e. The molecule has 1 unspecified atom stereocenters. The fourth-order valence-electron chi connectivity index (χ4n) is 3.45. The molecule has 0 bridgehead atoms. The number of nitro benzene ring substituents is 1. The molecule has 2 aromatic rings. The van der Waals surface area contributed by atoms with Gasteiger partial charge in [0.1, 0.15) is 0 Å². The van der Waals surface area contributed by atoms with E-state index in [1.54, 1.807) is 0 Å². The second-order valence-corrected chi connectivity index (χ2v) is 6.52. The molecule has 1 heterocycles. The third kappa shape index (κ3) is 4.43. The van der Waals surface area contributed by atoms with Crippen LogP contribution in [0.1, 0.15) is 34.8 Å². The maximum atomic E-state index is 12.6. The van der Waals surface area contributed by atoms with Crippen molar-refractivity contribution in [3.63, 3.8) is 0 Å². The van der Waals surface area contributed by atoms with Crippen molar-refractivity contribution in [3.05, 3.63) is 69.8 Å². The number of benzene rings is 2. The number of carbonyl (C=O) groups excluding carboxylic acids is 1. The Kier molecular flexibility index (Phi) is 6.03. The molecule has 0 saturated carbocycles. The van der Waals surface area contributed by atoms with E-state index < -0.39 is 4.92 Å². The van der Waals surface area contributed by atoms with Crippen molar-refractivity contribution in [2.45, 2.75) is 18.9 Å². The van der Waals surface area contributed by atoms with Crippen molar-refractivity contribution < 1.29 is 14.5 Å². The van der Waals surface area contributed by atoms with Gasteiger partial charge in [0.25, 0.3) is 5.91 Å². The van der Waals surface area contributed by atoms with E-state index in [-0.39, 0.29) is 28.9 Å². The Morgan fingerprint density at radius 3 is 2.56 bits per heavy atom. The minimum atomic E-state index is -0.549. The third-order valence-electron chi connectivity index (χ3n) is 4.86. The number of amides is 1. The van der Waals surface area contributed by atoms with E-state index >= 15 is 0 Å². The van der Waals surface area contributed by atoms with Crippen LogP contribution in [0.4, 0.5) is 5.69 Å². The van der Waals surface area contributed by atoms with Crippen LogP contribution in [0.15, 0.2) is 48.5 Å². The number of likely N-dealkylation sites (tertiary alicyclic amines) is 1. The van der Waals surface area contributed by atoms with E-state index in [9.17, 15) is 14.9 Å². The van der Waals surface area contributed by atoms with Crippen LogP contribution in [0.25, 0.3) is 0 Å². The summed E-state index contributed by atoms with van der Waals surface area (Å²) in [5.41, 5.74) is 1.18. The number of carbonyl (C=O) groups is 1. The quantitative estimate of drug-likeness (QED) is 0.598. The summed E-state index contributed by atoms with van der Waals surface area (Å²) in [5.74, 6) is -0.198. The zero-order chi connectivity index (χ0) is 19.2. The summed E-state index contributed by atoms with van der Waals surface area (Å²) in [6, 6.07) is 14.4. The second kappa shape index (κ2) is 8.64. The monoisotopic (exact) mass is 369 g/mol. The SMILES string of the molecule is COc1ccc(C(=O)NCC(c2ccccc2)N2CCCC2)cc1[N+](=O)[O-]. The average Bonchev–Trinajstić information content (AvgIpc) is 3.22. The normalized spacial score (nSPS) is 15.3. The Labute approximate surface area is 158 Å². The van der Waals surface area contributed by atoms with Gasteiger partial charge in [-0.3, -0.25) is 19.8 Å². The van der Waals surface area contributed by atoms with Crippen LogP contribution < -0.4 is 10.1 Å². The highest BCUT2D eigenvalue weighted by Crippen LogP contribution is 2.28.